The highest BCUT2D eigenvalue weighted by atomic mass is 79.9. The smallest absolute Gasteiger partial charge is 0.267 e. The van der Waals surface area contributed by atoms with Gasteiger partial charge in [0.25, 0.3) is 5.91 Å². The lowest BCUT2D eigenvalue weighted by Crippen LogP contribution is -2.43. The number of fused-ring (bicyclic) bond motifs is 1. The lowest BCUT2D eigenvalue weighted by atomic mass is 10.0. The normalized spacial score (nSPS) is 16.7. The number of halogens is 1. The number of benzene rings is 3. The maximum atomic E-state index is 13.7. The molecule has 1 saturated heterocycles. The summed E-state index contributed by atoms with van der Waals surface area (Å²) in [5.41, 5.74) is 1.91. The van der Waals surface area contributed by atoms with Gasteiger partial charge in [-0.05, 0) is 67.3 Å². The second-order valence-electron chi connectivity index (χ2n) is 9.08. The van der Waals surface area contributed by atoms with Crippen molar-refractivity contribution >= 4 is 64.8 Å². The molecule has 0 aliphatic carbocycles. The number of thiazole rings is 1. The summed E-state index contributed by atoms with van der Waals surface area (Å²) < 4.78 is 30.2. The summed E-state index contributed by atoms with van der Waals surface area (Å²) in [5, 5.41) is 6.19. The van der Waals surface area contributed by atoms with E-state index in [0.29, 0.717) is 17.2 Å². The van der Waals surface area contributed by atoms with Gasteiger partial charge in [0.1, 0.15) is 0 Å². The molecule has 7 nitrogen and oxygen atoms in total. The third-order valence-electron chi connectivity index (χ3n) is 6.59. The number of rotatable bonds is 7. The zero-order valence-corrected chi connectivity index (χ0v) is 24.0. The van der Waals surface area contributed by atoms with Gasteiger partial charge in [0, 0.05) is 22.6 Å². The number of anilines is 1. The fraction of sp³-hybridized carbons (Fsp3) is 0.250. The highest BCUT2D eigenvalue weighted by Crippen LogP contribution is 2.32. The van der Waals surface area contributed by atoms with E-state index in [4.69, 9.17) is 0 Å². The molecule has 3 aromatic carbocycles. The van der Waals surface area contributed by atoms with Crippen LogP contribution in [0.1, 0.15) is 48.5 Å². The van der Waals surface area contributed by atoms with Crippen molar-refractivity contribution in [3.8, 4) is 0 Å². The number of sulfonamides is 1. The maximum absolute atomic E-state index is 13.7. The van der Waals surface area contributed by atoms with Gasteiger partial charge in [-0.1, -0.05) is 70.9 Å². The Kier molecular flexibility index (Phi) is 8.04. The molecule has 1 amide bonds. The van der Waals surface area contributed by atoms with Crippen LogP contribution >= 0.6 is 27.3 Å². The van der Waals surface area contributed by atoms with Crippen molar-refractivity contribution in [2.45, 2.75) is 43.5 Å². The summed E-state index contributed by atoms with van der Waals surface area (Å²) in [6.07, 6.45) is 5.17. The molecule has 5 rings (SSSR count). The van der Waals surface area contributed by atoms with E-state index >= 15 is 0 Å². The molecule has 4 aromatic rings. The molecule has 0 N–H and O–H groups in total. The second-order valence-corrected chi connectivity index (χ2v) is 12.9. The Morgan fingerprint density at radius 2 is 1.89 bits per heavy atom. The Balaban J connectivity index is 1.47. The molecule has 196 valence electrons. The molecule has 1 aliphatic heterocycles. The van der Waals surface area contributed by atoms with E-state index in [2.05, 4.69) is 26.0 Å². The number of carbonyl (C=O) groups is 1. The Morgan fingerprint density at radius 1 is 1.13 bits per heavy atom. The minimum atomic E-state index is -3.64. The maximum Gasteiger partial charge on any atom is 0.280 e. The molecular formula is C28H27BrN4O3S2. The fourth-order valence-electron chi connectivity index (χ4n) is 4.55. The van der Waals surface area contributed by atoms with Gasteiger partial charge < -0.3 is 0 Å². The SMILES string of the molecule is CCC1CCCCN1S(=O)(=O)c1ccc(C(=O)N(/N=C/c2ccccc2)c2nc3ccc(Br)cc3s2)cc1. The molecule has 1 aliphatic rings. The van der Waals surface area contributed by atoms with Crippen LogP contribution in [-0.4, -0.2) is 42.4 Å². The summed E-state index contributed by atoms with van der Waals surface area (Å²) in [6.45, 7) is 2.54. The van der Waals surface area contributed by atoms with Gasteiger partial charge in [0.2, 0.25) is 15.2 Å². The van der Waals surface area contributed by atoms with Gasteiger partial charge in [-0.2, -0.15) is 14.4 Å². The van der Waals surface area contributed by atoms with E-state index in [1.54, 1.807) is 22.7 Å². The van der Waals surface area contributed by atoms with Crippen LogP contribution in [0.25, 0.3) is 10.2 Å². The van der Waals surface area contributed by atoms with Crippen LogP contribution in [0.3, 0.4) is 0 Å². The van der Waals surface area contributed by atoms with Crippen molar-refractivity contribution in [3.63, 3.8) is 0 Å². The zero-order valence-electron chi connectivity index (χ0n) is 20.8. The summed E-state index contributed by atoms with van der Waals surface area (Å²) in [6, 6.07) is 21.4. The quantitative estimate of drug-likeness (QED) is 0.172. The van der Waals surface area contributed by atoms with Gasteiger partial charge in [-0.3, -0.25) is 4.79 Å². The molecule has 1 fully saturated rings. The van der Waals surface area contributed by atoms with Crippen molar-refractivity contribution in [2.24, 2.45) is 5.10 Å². The Bertz CT molecular complexity index is 1570. The zero-order chi connectivity index (χ0) is 26.7. The molecule has 0 spiro atoms. The standard InChI is InChI=1S/C28H27BrN4O3S2/c1-2-23-10-6-7-17-32(23)38(35,36)24-14-11-21(12-15-24)27(34)33(30-19-20-8-4-3-5-9-20)28-31-25-16-13-22(29)18-26(25)37-28/h3-5,8-9,11-16,18-19,23H,2,6-7,10,17H2,1H3/b30-19+. The van der Waals surface area contributed by atoms with Crippen LogP contribution in [0.5, 0.6) is 0 Å². The number of piperidine rings is 1. The van der Waals surface area contributed by atoms with Crippen molar-refractivity contribution in [1.82, 2.24) is 9.29 Å². The summed E-state index contributed by atoms with van der Waals surface area (Å²) >= 11 is 4.84. The Morgan fingerprint density at radius 3 is 2.63 bits per heavy atom. The molecule has 0 bridgehead atoms. The molecule has 1 unspecified atom stereocenters. The van der Waals surface area contributed by atoms with E-state index in [0.717, 1.165) is 45.9 Å². The van der Waals surface area contributed by atoms with Crippen molar-refractivity contribution < 1.29 is 13.2 Å². The lowest BCUT2D eigenvalue weighted by molar-refractivity contribution is 0.0987. The first kappa shape index (κ1) is 26.7. The highest BCUT2D eigenvalue weighted by Gasteiger charge is 2.32. The first-order valence-corrected chi connectivity index (χ1v) is 15.5. The minimum absolute atomic E-state index is 0.0111. The average molecular weight is 612 g/mol. The number of amides is 1. The van der Waals surface area contributed by atoms with Crippen LogP contribution in [0.4, 0.5) is 5.13 Å². The van der Waals surface area contributed by atoms with Crippen LogP contribution in [0.2, 0.25) is 0 Å². The fourth-order valence-corrected chi connectivity index (χ4v) is 7.80. The topological polar surface area (TPSA) is 82.9 Å². The number of hydrazone groups is 1. The molecule has 1 aromatic heterocycles. The molecule has 38 heavy (non-hydrogen) atoms. The van der Waals surface area contributed by atoms with Crippen LogP contribution in [0, 0.1) is 0 Å². The third kappa shape index (κ3) is 5.58. The first-order valence-electron chi connectivity index (χ1n) is 12.5. The van der Waals surface area contributed by atoms with E-state index in [1.807, 2.05) is 55.5 Å². The minimum Gasteiger partial charge on any atom is -0.267 e. The largest absolute Gasteiger partial charge is 0.280 e. The summed E-state index contributed by atoms with van der Waals surface area (Å²) in [7, 11) is -3.64. The summed E-state index contributed by atoms with van der Waals surface area (Å²) in [5.74, 6) is -0.399. The second kappa shape index (κ2) is 11.4. The van der Waals surface area contributed by atoms with E-state index < -0.39 is 15.9 Å². The molecule has 0 saturated carbocycles. The Hall–Kier alpha value is -2.92. The predicted molar refractivity (Wildman–Crippen MR) is 156 cm³/mol. The monoisotopic (exact) mass is 610 g/mol. The predicted octanol–water partition coefficient (Wildman–Crippen LogP) is 6.69. The number of nitrogens with zero attached hydrogens (tertiary/aromatic N) is 4. The van der Waals surface area contributed by atoms with Crippen molar-refractivity contribution in [1.29, 1.82) is 0 Å². The van der Waals surface area contributed by atoms with Gasteiger partial charge in [0.05, 0.1) is 21.3 Å². The van der Waals surface area contributed by atoms with E-state index in [-0.39, 0.29) is 10.9 Å². The molecule has 0 radical (unpaired) electrons. The van der Waals surface area contributed by atoms with E-state index in [9.17, 15) is 13.2 Å². The molecule has 2 heterocycles. The van der Waals surface area contributed by atoms with Gasteiger partial charge in [-0.15, -0.1) is 0 Å². The third-order valence-corrected chi connectivity index (χ3v) is 10.0. The lowest BCUT2D eigenvalue weighted by Gasteiger charge is -2.34. The van der Waals surface area contributed by atoms with Gasteiger partial charge in [-0.25, -0.2) is 13.4 Å². The summed E-state index contributed by atoms with van der Waals surface area (Å²) in [4.78, 5) is 18.5. The van der Waals surface area contributed by atoms with Crippen LogP contribution in [0.15, 0.2) is 87.3 Å². The molecular weight excluding hydrogens is 584 g/mol. The van der Waals surface area contributed by atoms with Gasteiger partial charge in [0.15, 0.2) is 0 Å². The van der Waals surface area contributed by atoms with Gasteiger partial charge >= 0.3 is 0 Å². The number of carbonyl (C=O) groups excluding carboxylic acids is 1. The van der Waals surface area contributed by atoms with Crippen LogP contribution < -0.4 is 5.01 Å². The van der Waals surface area contributed by atoms with Crippen LogP contribution in [-0.2, 0) is 10.0 Å². The first-order chi connectivity index (χ1) is 18.4. The van der Waals surface area contributed by atoms with E-state index in [1.165, 1.54) is 28.5 Å². The Labute approximate surface area is 235 Å². The van der Waals surface area contributed by atoms with Crippen molar-refractivity contribution in [3.05, 3.63) is 88.4 Å². The average Bonchev–Trinajstić information content (AvgIpc) is 3.36. The number of aromatic nitrogens is 1. The number of hydrogen-bond acceptors (Lipinski definition) is 6. The van der Waals surface area contributed by atoms with Crippen molar-refractivity contribution in [2.75, 3.05) is 11.6 Å². The number of hydrogen-bond donors (Lipinski definition) is 0. The molecule has 1 atom stereocenters. The highest BCUT2D eigenvalue weighted by molar-refractivity contribution is 9.10. The molecule has 10 heteroatoms.